The molecular formula is C20H20N2O3S2. The molecule has 140 valence electrons. The zero-order chi connectivity index (χ0) is 18.8. The molecule has 5 nitrogen and oxygen atoms in total. The van der Waals surface area contributed by atoms with Gasteiger partial charge in [-0.1, -0.05) is 0 Å². The summed E-state index contributed by atoms with van der Waals surface area (Å²) in [5.74, 6) is -0.852. The largest absolute Gasteiger partial charge is 0.451 e. The Balaban J connectivity index is 1.37. The van der Waals surface area contributed by atoms with Crippen LogP contribution in [0.25, 0.3) is 0 Å². The normalized spacial score (nSPS) is 15.4. The van der Waals surface area contributed by atoms with Crippen molar-refractivity contribution < 1.29 is 14.3 Å². The molecule has 4 rings (SSSR count). The van der Waals surface area contributed by atoms with Crippen molar-refractivity contribution in [2.75, 3.05) is 11.9 Å². The van der Waals surface area contributed by atoms with Gasteiger partial charge < -0.3 is 10.1 Å². The number of hydrogen-bond donors (Lipinski definition) is 1. The van der Waals surface area contributed by atoms with Crippen LogP contribution >= 0.6 is 22.7 Å². The number of nitrogens with zero attached hydrogens (tertiary/aromatic N) is 1. The summed E-state index contributed by atoms with van der Waals surface area (Å²) in [6, 6.07) is 4.12. The summed E-state index contributed by atoms with van der Waals surface area (Å²) in [6.07, 6.45) is 8.41. The first-order valence-electron chi connectivity index (χ1n) is 9.29. The summed E-state index contributed by atoms with van der Waals surface area (Å²) in [5.41, 5.74) is 2.89. The number of nitriles is 1. The van der Waals surface area contributed by atoms with Crippen molar-refractivity contribution >= 4 is 39.6 Å². The highest BCUT2D eigenvalue weighted by Gasteiger charge is 2.23. The van der Waals surface area contributed by atoms with Crippen LogP contribution in [0.1, 0.15) is 61.8 Å². The molecule has 0 aromatic carbocycles. The molecule has 27 heavy (non-hydrogen) atoms. The number of fused-ring (bicyclic) bond motifs is 2. The number of hydrogen-bond acceptors (Lipinski definition) is 6. The van der Waals surface area contributed by atoms with E-state index in [4.69, 9.17) is 4.74 Å². The molecule has 2 heterocycles. The van der Waals surface area contributed by atoms with Crippen molar-refractivity contribution in [3.8, 4) is 6.07 Å². The van der Waals surface area contributed by atoms with Crippen LogP contribution in [0.15, 0.2) is 6.07 Å². The number of rotatable bonds is 4. The van der Waals surface area contributed by atoms with Gasteiger partial charge in [0.25, 0.3) is 5.91 Å². The molecule has 0 bridgehead atoms. The molecule has 0 fully saturated rings. The zero-order valence-corrected chi connectivity index (χ0v) is 16.6. The highest BCUT2D eigenvalue weighted by Crippen LogP contribution is 2.37. The Hall–Kier alpha value is -2.17. The third kappa shape index (κ3) is 3.78. The molecule has 0 spiro atoms. The summed E-state index contributed by atoms with van der Waals surface area (Å²) >= 11 is 2.95. The Labute approximate surface area is 166 Å². The third-order valence-corrected chi connectivity index (χ3v) is 7.49. The highest BCUT2D eigenvalue weighted by molar-refractivity contribution is 7.16. The molecule has 0 saturated heterocycles. The van der Waals surface area contributed by atoms with E-state index in [1.54, 1.807) is 0 Å². The van der Waals surface area contributed by atoms with Crippen LogP contribution in [-0.2, 0) is 35.2 Å². The fourth-order valence-corrected chi connectivity index (χ4v) is 6.13. The topological polar surface area (TPSA) is 79.2 Å². The van der Waals surface area contributed by atoms with Gasteiger partial charge in [-0.3, -0.25) is 4.79 Å². The maximum atomic E-state index is 12.3. The van der Waals surface area contributed by atoms with E-state index in [1.165, 1.54) is 38.0 Å². The highest BCUT2D eigenvalue weighted by atomic mass is 32.1. The molecular weight excluding hydrogens is 380 g/mol. The van der Waals surface area contributed by atoms with Crippen molar-refractivity contribution in [3.63, 3.8) is 0 Å². The molecule has 1 N–H and O–H groups in total. The number of aryl methyl sites for hydroxylation is 3. The zero-order valence-electron chi connectivity index (χ0n) is 14.9. The van der Waals surface area contributed by atoms with Gasteiger partial charge in [0.2, 0.25) is 0 Å². The van der Waals surface area contributed by atoms with E-state index in [2.05, 4.69) is 11.4 Å². The molecule has 2 aromatic rings. The van der Waals surface area contributed by atoms with Gasteiger partial charge >= 0.3 is 5.97 Å². The standard InChI is InChI=1S/C20H20N2O3S2/c21-10-14-13-6-2-4-8-16(13)27-19(14)22-18(23)11-25-20(24)17-9-12-5-1-3-7-15(12)26-17/h9H,1-8,11H2,(H,22,23). The number of amides is 1. The second kappa shape index (κ2) is 7.83. The fourth-order valence-electron chi connectivity index (χ4n) is 3.73. The van der Waals surface area contributed by atoms with Crippen molar-refractivity contribution in [1.29, 1.82) is 5.26 Å². The minimum atomic E-state index is -0.449. The Morgan fingerprint density at radius 3 is 2.59 bits per heavy atom. The van der Waals surface area contributed by atoms with Gasteiger partial charge in [-0.2, -0.15) is 5.26 Å². The van der Waals surface area contributed by atoms with Crippen molar-refractivity contribution in [2.45, 2.75) is 51.4 Å². The predicted molar refractivity (Wildman–Crippen MR) is 106 cm³/mol. The summed E-state index contributed by atoms with van der Waals surface area (Å²) in [4.78, 5) is 27.5. The van der Waals surface area contributed by atoms with Crippen LogP contribution in [0.4, 0.5) is 5.00 Å². The Morgan fingerprint density at radius 2 is 1.81 bits per heavy atom. The number of esters is 1. The van der Waals surface area contributed by atoms with E-state index in [0.29, 0.717) is 15.4 Å². The summed E-state index contributed by atoms with van der Waals surface area (Å²) in [6.45, 7) is -0.338. The monoisotopic (exact) mass is 400 g/mol. The van der Waals surface area contributed by atoms with E-state index in [9.17, 15) is 14.9 Å². The van der Waals surface area contributed by atoms with Gasteiger partial charge in [0.1, 0.15) is 15.9 Å². The molecule has 0 saturated carbocycles. The summed E-state index contributed by atoms with van der Waals surface area (Å²) < 4.78 is 5.20. The molecule has 2 aliphatic rings. The lowest BCUT2D eigenvalue weighted by Crippen LogP contribution is -2.20. The minimum Gasteiger partial charge on any atom is -0.451 e. The van der Waals surface area contributed by atoms with E-state index < -0.39 is 11.9 Å². The molecule has 0 aliphatic heterocycles. The Morgan fingerprint density at radius 1 is 1.07 bits per heavy atom. The SMILES string of the molecule is N#Cc1c(NC(=O)COC(=O)c2cc3c(s2)CCCC3)sc2c1CCCC2. The van der Waals surface area contributed by atoms with Gasteiger partial charge in [0.05, 0.1) is 5.56 Å². The van der Waals surface area contributed by atoms with Gasteiger partial charge in [-0.25, -0.2) is 4.79 Å². The molecule has 0 unspecified atom stereocenters. The van der Waals surface area contributed by atoms with Crippen molar-refractivity contribution in [1.82, 2.24) is 0 Å². The molecule has 7 heteroatoms. The summed E-state index contributed by atoms with van der Waals surface area (Å²) in [5, 5.41) is 12.8. The first-order chi connectivity index (χ1) is 13.2. The van der Waals surface area contributed by atoms with Crippen LogP contribution in [-0.4, -0.2) is 18.5 Å². The van der Waals surface area contributed by atoms with Gasteiger partial charge in [-0.05, 0) is 68.6 Å². The van der Waals surface area contributed by atoms with Crippen LogP contribution in [0, 0.1) is 11.3 Å². The van der Waals surface area contributed by atoms with E-state index in [1.807, 2.05) is 6.07 Å². The second-order valence-electron chi connectivity index (χ2n) is 6.92. The maximum Gasteiger partial charge on any atom is 0.348 e. The quantitative estimate of drug-likeness (QED) is 0.779. The number of carbonyl (C=O) groups is 2. The molecule has 0 atom stereocenters. The van der Waals surface area contributed by atoms with E-state index in [-0.39, 0.29) is 6.61 Å². The minimum absolute atomic E-state index is 0.338. The average Bonchev–Trinajstić information content (AvgIpc) is 3.26. The number of thiophene rings is 2. The molecule has 0 radical (unpaired) electrons. The molecule has 2 aromatic heterocycles. The molecule has 1 amide bonds. The Bertz CT molecular complexity index is 912. The number of ether oxygens (including phenoxy) is 1. The first kappa shape index (κ1) is 18.2. The van der Waals surface area contributed by atoms with Crippen LogP contribution in [0.5, 0.6) is 0 Å². The van der Waals surface area contributed by atoms with Crippen molar-refractivity contribution in [3.05, 3.63) is 37.4 Å². The smallest absolute Gasteiger partial charge is 0.348 e. The number of anilines is 1. The Kier molecular flexibility index (Phi) is 5.28. The van der Waals surface area contributed by atoms with Crippen LogP contribution in [0.3, 0.4) is 0 Å². The van der Waals surface area contributed by atoms with Crippen LogP contribution in [0.2, 0.25) is 0 Å². The number of carbonyl (C=O) groups excluding carboxylic acids is 2. The summed E-state index contributed by atoms with van der Waals surface area (Å²) in [7, 11) is 0. The molecule has 2 aliphatic carbocycles. The average molecular weight is 401 g/mol. The lowest BCUT2D eigenvalue weighted by Gasteiger charge is -2.09. The van der Waals surface area contributed by atoms with Gasteiger partial charge in [0, 0.05) is 9.75 Å². The lowest BCUT2D eigenvalue weighted by atomic mass is 9.96. The maximum absolute atomic E-state index is 12.3. The van der Waals surface area contributed by atoms with Crippen LogP contribution < -0.4 is 5.32 Å². The van der Waals surface area contributed by atoms with E-state index >= 15 is 0 Å². The van der Waals surface area contributed by atoms with Crippen molar-refractivity contribution in [2.24, 2.45) is 0 Å². The van der Waals surface area contributed by atoms with Gasteiger partial charge in [-0.15, -0.1) is 22.7 Å². The second-order valence-corrected chi connectivity index (χ2v) is 9.16. The fraction of sp³-hybridized carbons (Fsp3) is 0.450. The number of nitrogens with one attached hydrogen (secondary N) is 1. The lowest BCUT2D eigenvalue weighted by molar-refractivity contribution is -0.119. The third-order valence-electron chi connectivity index (χ3n) is 5.07. The predicted octanol–water partition coefficient (Wildman–Crippen LogP) is 4.23. The van der Waals surface area contributed by atoms with Gasteiger partial charge in [0.15, 0.2) is 6.61 Å². The first-order valence-corrected chi connectivity index (χ1v) is 10.9. The van der Waals surface area contributed by atoms with E-state index in [0.717, 1.165) is 56.9 Å².